The molecular weight excluding hydrogens is 404 g/mol. The molecule has 0 aliphatic rings. The third-order valence-corrected chi connectivity index (χ3v) is 6.29. The maximum atomic E-state index is 13.1. The molecule has 2 atom stereocenters. The van der Waals surface area contributed by atoms with Gasteiger partial charge in [-0.3, -0.25) is 28.3 Å². The summed E-state index contributed by atoms with van der Waals surface area (Å²) in [7, 11) is 0. The van der Waals surface area contributed by atoms with Gasteiger partial charge in [0, 0.05) is 0 Å². The number of rotatable bonds is 4. The van der Waals surface area contributed by atoms with Gasteiger partial charge >= 0.3 is 0 Å². The molecule has 6 nitrogen and oxygen atoms in total. The average molecular weight is 424 g/mol. The van der Waals surface area contributed by atoms with Crippen molar-refractivity contribution in [3.05, 3.63) is 125 Å². The zero-order valence-electron chi connectivity index (χ0n) is 17.6. The van der Waals surface area contributed by atoms with E-state index >= 15 is 0 Å². The third-order valence-electron chi connectivity index (χ3n) is 6.29. The summed E-state index contributed by atoms with van der Waals surface area (Å²) in [5, 5.41) is 0.637. The molecule has 5 aromatic rings. The lowest BCUT2D eigenvalue weighted by Crippen LogP contribution is -2.29. The fourth-order valence-corrected chi connectivity index (χ4v) is 4.48. The number of hydrogen-bond acceptors (Lipinski definition) is 4. The summed E-state index contributed by atoms with van der Waals surface area (Å²) in [6, 6.07) is 20.4. The van der Waals surface area contributed by atoms with Crippen molar-refractivity contribution >= 4 is 21.5 Å². The summed E-state index contributed by atoms with van der Waals surface area (Å²) < 4.78 is 2.38. The Balaban J connectivity index is 1.75. The second-order valence-electron chi connectivity index (χ2n) is 8.08. The SMILES string of the molecule is C[C@@H](c1ccccc1)n1c(=O)c2cc3c(=O)n([C@@H](C)c4ccccc4)c(=O)c3cc2c1=O. The van der Waals surface area contributed by atoms with Crippen LogP contribution in [0.25, 0.3) is 21.5 Å². The van der Waals surface area contributed by atoms with E-state index in [1.807, 2.05) is 60.7 Å². The molecule has 2 aromatic heterocycles. The maximum Gasteiger partial charge on any atom is 0.262 e. The van der Waals surface area contributed by atoms with Crippen molar-refractivity contribution in [1.29, 1.82) is 0 Å². The predicted molar refractivity (Wildman–Crippen MR) is 125 cm³/mol. The highest BCUT2D eigenvalue weighted by atomic mass is 16.2. The van der Waals surface area contributed by atoms with Crippen molar-refractivity contribution in [3.8, 4) is 0 Å². The molecule has 3 aromatic carbocycles. The number of hydrogen-bond donors (Lipinski definition) is 0. The minimum absolute atomic E-state index is 0.159. The van der Waals surface area contributed by atoms with Gasteiger partial charge in [0.15, 0.2) is 0 Å². The monoisotopic (exact) mass is 424 g/mol. The first-order valence-electron chi connectivity index (χ1n) is 10.4. The molecule has 0 fully saturated rings. The van der Waals surface area contributed by atoms with Crippen molar-refractivity contribution in [2.45, 2.75) is 25.9 Å². The van der Waals surface area contributed by atoms with Crippen molar-refractivity contribution in [2.24, 2.45) is 0 Å². The fourth-order valence-electron chi connectivity index (χ4n) is 4.48. The molecule has 6 heteroatoms. The molecule has 0 aliphatic heterocycles. The molecule has 0 unspecified atom stereocenters. The lowest BCUT2D eigenvalue weighted by Gasteiger charge is -2.11. The Hall–Kier alpha value is -4.06. The second kappa shape index (κ2) is 7.27. The van der Waals surface area contributed by atoms with Gasteiger partial charge in [0.1, 0.15) is 0 Å². The molecule has 32 heavy (non-hydrogen) atoms. The summed E-state index contributed by atoms with van der Waals surface area (Å²) in [5.74, 6) is 0. The van der Waals surface area contributed by atoms with E-state index in [-0.39, 0.29) is 21.5 Å². The van der Waals surface area contributed by atoms with E-state index in [2.05, 4.69) is 0 Å². The normalized spacial score (nSPS) is 13.6. The van der Waals surface area contributed by atoms with Gasteiger partial charge in [-0.2, -0.15) is 0 Å². The molecule has 0 spiro atoms. The molecule has 5 rings (SSSR count). The molecule has 0 N–H and O–H groups in total. The largest absolute Gasteiger partial charge is 0.269 e. The standard InChI is InChI=1S/C26H20N2O4/c1-15(17-9-5-3-6-10-17)27-23(29)19-13-21-22(14-20(19)24(27)30)26(32)28(25(21)31)16(2)18-11-7-4-8-12-18/h3-16H,1-2H3/t15-,16-/m0/s1. The maximum absolute atomic E-state index is 13.1. The van der Waals surface area contributed by atoms with Gasteiger partial charge in [-0.15, -0.1) is 0 Å². The third kappa shape index (κ3) is 2.80. The fraction of sp³-hybridized carbons (Fsp3) is 0.154. The number of benzene rings is 3. The van der Waals surface area contributed by atoms with Crippen molar-refractivity contribution in [3.63, 3.8) is 0 Å². The van der Waals surface area contributed by atoms with Crippen LogP contribution in [-0.2, 0) is 0 Å². The zero-order chi connectivity index (χ0) is 22.6. The van der Waals surface area contributed by atoms with Crippen LogP contribution in [0, 0.1) is 0 Å². The van der Waals surface area contributed by atoms with Crippen LogP contribution in [-0.4, -0.2) is 9.13 Å². The summed E-state index contributed by atoms with van der Waals surface area (Å²) in [6.07, 6.45) is 0. The smallest absolute Gasteiger partial charge is 0.262 e. The Morgan fingerprint density at radius 1 is 0.500 bits per heavy atom. The first kappa shape index (κ1) is 19.9. The average Bonchev–Trinajstić information content (AvgIpc) is 3.22. The molecular formula is C26H20N2O4. The van der Waals surface area contributed by atoms with E-state index in [0.29, 0.717) is 0 Å². The highest BCUT2D eigenvalue weighted by molar-refractivity contribution is 5.97. The number of aromatic nitrogens is 2. The second-order valence-corrected chi connectivity index (χ2v) is 8.08. The molecule has 0 aliphatic carbocycles. The summed E-state index contributed by atoms with van der Waals surface area (Å²) in [6.45, 7) is 3.56. The van der Waals surface area contributed by atoms with Crippen LogP contribution in [0.5, 0.6) is 0 Å². The summed E-state index contributed by atoms with van der Waals surface area (Å²) in [4.78, 5) is 52.6. The Morgan fingerprint density at radius 3 is 1.06 bits per heavy atom. The quantitative estimate of drug-likeness (QED) is 0.444. The van der Waals surface area contributed by atoms with Crippen LogP contribution >= 0.6 is 0 Å². The topological polar surface area (TPSA) is 78.1 Å². The van der Waals surface area contributed by atoms with Gasteiger partial charge in [0.2, 0.25) is 0 Å². The van der Waals surface area contributed by atoms with E-state index in [0.717, 1.165) is 11.1 Å². The summed E-state index contributed by atoms with van der Waals surface area (Å²) >= 11 is 0. The van der Waals surface area contributed by atoms with Crippen LogP contribution in [0.4, 0.5) is 0 Å². The van der Waals surface area contributed by atoms with E-state index in [4.69, 9.17) is 0 Å². The van der Waals surface area contributed by atoms with Crippen LogP contribution < -0.4 is 22.2 Å². The molecule has 0 amide bonds. The van der Waals surface area contributed by atoms with E-state index in [1.165, 1.54) is 21.3 Å². The van der Waals surface area contributed by atoms with Gasteiger partial charge in [-0.25, -0.2) is 0 Å². The minimum Gasteiger partial charge on any atom is -0.269 e. The van der Waals surface area contributed by atoms with Gasteiger partial charge in [-0.1, -0.05) is 60.7 Å². The van der Waals surface area contributed by atoms with Gasteiger partial charge in [-0.05, 0) is 37.1 Å². The Labute approximate surface area is 182 Å². The van der Waals surface area contributed by atoms with Crippen LogP contribution in [0.1, 0.15) is 37.1 Å². The lowest BCUT2D eigenvalue weighted by atomic mass is 10.1. The van der Waals surface area contributed by atoms with Crippen molar-refractivity contribution < 1.29 is 0 Å². The minimum atomic E-state index is -0.473. The van der Waals surface area contributed by atoms with E-state index in [1.54, 1.807) is 13.8 Å². The van der Waals surface area contributed by atoms with Gasteiger partial charge in [0.25, 0.3) is 22.2 Å². The molecule has 0 saturated heterocycles. The Morgan fingerprint density at radius 2 is 0.781 bits per heavy atom. The Kier molecular flexibility index (Phi) is 4.51. The molecule has 2 heterocycles. The molecule has 0 bridgehead atoms. The zero-order valence-corrected chi connectivity index (χ0v) is 17.6. The predicted octanol–water partition coefficient (Wildman–Crippen LogP) is 3.13. The van der Waals surface area contributed by atoms with Gasteiger partial charge in [0.05, 0.1) is 33.6 Å². The Bertz CT molecular complexity index is 1470. The van der Waals surface area contributed by atoms with E-state index < -0.39 is 34.3 Å². The van der Waals surface area contributed by atoms with Crippen LogP contribution in [0.2, 0.25) is 0 Å². The first-order valence-corrected chi connectivity index (χ1v) is 10.4. The number of nitrogens with zero attached hydrogens (tertiary/aromatic N) is 2. The highest BCUT2D eigenvalue weighted by Crippen LogP contribution is 2.21. The van der Waals surface area contributed by atoms with E-state index in [9.17, 15) is 19.2 Å². The molecule has 158 valence electrons. The highest BCUT2D eigenvalue weighted by Gasteiger charge is 2.24. The number of fused-ring (bicyclic) bond motifs is 2. The lowest BCUT2D eigenvalue weighted by molar-refractivity contribution is 0.609. The summed E-state index contributed by atoms with van der Waals surface area (Å²) in [5.41, 5.74) is -0.190. The first-order chi connectivity index (χ1) is 15.4. The van der Waals surface area contributed by atoms with Crippen molar-refractivity contribution in [2.75, 3.05) is 0 Å². The molecule has 0 saturated carbocycles. The van der Waals surface area contributed by atoms with Crippen LogP contribution in [0.3, 0.4) is 0 Å². The van der Waals surface area contributed by atoms with Gasteiger partial charge < -0.3 is 0 Å². The molecule has 0 radical (unpaired) electrons. The van der Waals surface area contributed by atoms with Crippen LogP contribution in [0.15, 0.2) is 92.0 Å². The van der Waals surface area contributed by atoms with Crippen molar-refractivity contribution in [1.82, 2.24) is 9.13 Å².